The van der Waals surface area contributed by atoms with Gasteiger partial charge in [0.1, 0.15) is 11.7 Å². The molecule has 44 heavy (non-hydrogen) atoms. The predicted molar refractivity (Wildman–Crippen MR) is 179 cm³/mol. The minimum atomic E-state index is -3.80. The van der Waals surface area contributed by atoms with Crippen LogP contribution < -0.4 is 4.72 Å². The zero-order chi connectivity index (χ0) is 30.5. The molecule has 0 bridgehead atoms. The van der Waals surface area contributed by atoms with Crippen LogP contribution in [-0.2, 0) is 16.6 Å². The average molecular weight is 597 g/mol. The molecule has 1 N–H and O–H groups in total. The van der Waals surface area contributed by atoms with Crippen LogP contribution in [0.3, 0.4) is 0 Å². The van der Waals surface area contributed by atoms with Crippen LogP contribution in [0.2, 0.25) is 0 Å². The van der Waals surface area contributed by atoms with E-state index in [1.165, 1.54) is 0 Å². The number of hydrogen-bond acceptors (Lipinski definition) is 4. The van der Waals surface area contributed by atoms with Gasteiger partial charge in [0.05, 0.1) is 16.3 Å². The molecule has 0 amide bonds. The number of nitrogens with one attached hydrogen (secondary N) is 1. The molecular weight excluding hydrogens is 565 g/mol. The van der Waals surface area contributed by atoms with Crippen molar-refractivity contribution in [1.82, 2.24) is 14.3 Å². The first kappa shape index (κ1) is 28.8. The SMILES string of the molecule is CN=C(C)NS(=O)(=O)c1ccccc1-c1ccc(Cn2c(-c3ccccc3)nc(-c3ccccc3)c2-c2ccccc2)cc1. The Labute approximate surface area is 258 Å². The maximum absolute atomic E-state index is 13.2. The van der Waals surface area contributed by atoms with Crippen LogP contribution in [0.1, 0.15) is 12.5 Å². The summed E-state index contributed by atoms with van der Waals surface area (Å²) in [5.41, 5.74) is 7.61. The zero-order valence-corrected chi connectivity index (χ0v) is 25.4. The van der Waals surface area contributed by atoms with Gasteiger partial charge < -0.3 is 4.57 Å². The Morgan fingerprint density at radius 2 is 1.23 bits per heavy atom. The highest BCUT2D eigenvalue weighted by Gasteiger charge is 2.22. The summed E-state index contributed by atoms with van der Waals surface area (Å²) in [5.74, 6) is 1.21. The molecule has 0 fully saturated rings. The number of benzene rings is 5. The Kier molecular flexibility index (Phi) is 8.21. The van der Waals surface area contributed by atoms with E-state index in [0.717, 1.165) is 45.0 Å². The molecule has 0 saturated heterocycles. The number of aliphatic imine (C=N–C) groups is 1. The van der Waals surface area contributed by atoms with Gasteiger partial charge in [-0.3, -0.25) is 9.71 Å². The van der Waals surface area contributed by atoms with Gasteiger partial charge in [-0.1, -0.05) is 133 Å². The molecule has 1 aromatic heterocycles. The van der Waals surface area contributed by atoms with Crippen molar-refractivity contribution in [2.24, 2.45) is 4.99 Å². The van der Waals surface area contributed by atoms with Gasteiger partial charge >= 0.3 is 0 Å². The van der Waals surface area contributed by atoms with E-state index in [-0.39, 0.29) is 4.90 Å². The van der Waals surface area contributed by atoms with E-state index in [4.69, 9.17) is 4.98 Å². The molecule has 0 aliphatic heterocycles. The summed E-state index contributed by atoms with van der Waals surface area (Å²) in [6.07, 6.45) is 0. The average Bonchev–Trinajstić information content (AvgIpc) is 3.45. The Morgan fingerprint density at radius 3 is 1.84 bits per heavy atom. The number of hydrogen-bond donors (Lipinski definition) is 1. The zero-order valence-electron chi connectivity index (χ0n) is 24.6. The summed E-state index contributed by atoms with van der Waals surface area (Å²) in [7, 11) is -2.24. The van der Waals surface area contributed by atoms with E-state index >= 15 is 0 Å². The van der Waals surface area contributed by atoms with Gasteiger partial charge in [0.25, 0.3) is 10.0 Å². The molecule has 1 heterocycles. The van der Waals surface area contributed by atoms with Gasteiger partial charge in [-0.15, -0.1) is 0 Å². The fourth-order valence-electron chi connectivity index (χ4n) is 5.31. The topological polar surface area (TPSA) is 76.3 Å². The lowest BCUT2D eigenvalue weighted by molar-refractivity contribution is 0.592. The maximum Gasteiger partial charge on any atom is 0.263 e. The normalized spacial score (nSPS) is 11.8. The van der Waals surface area contributed by atoms with Crippen molar-refractivity contribution in [3.05, 3.63) is 145 Å². The first-order chi connectivity index (χ1) is 21.4. The Hall–Kier alpha value is -5.27. The monoisotopic (exact) mass is 596 g/mol. The van der Waals surface area contributed by atoms with E-state index in [0.29, 0.717) is 17.9 Å². The summed E-state index contributed by atoms with van der Waals surface area (Å²) in [6, 6.07) is 45.9. The van der Waals surface area contributed by atoms with Crippen molar-refractivity contribution in [1.29, 1.82) is 0 Å². The Balaban J connectivity index is 1.45. The second kappa shape index (κ2) is 12.5. The van der Waals surface area contributed by atoms with Gasteiger partial charge in [0.15, 0.2) is 0 Å². The minimum Gasteiger partial charge on any atom is -0.319 e. The van der Waals surface area contributed by atoms with Gasteiger partial charge in [0.2, 0.25) is 0 Å². The first-order valence-corrected chi connectivity index (χ1v) is 15.8. The van der Waals surface area contributed by atoms with Gasteiger partial charge in [0, 0.05) is 35.8 Å². The predicted octanol–water partition coefficient (Wildman–Crippen LogP) is 7.93. The number of sulfonamides is 1. The lowest BCUT2D eigenvalue weighted by Gasteiger charge is -2.15. The van der Waals surface area contributed by atoms with Crippen molar-refractivity contribution in [2.45, 2.75) is 18.4 Å². The van der Waals surface area contributed by atoms with E-state index in [9.17, 15) is 8.42 Å². The highest BCUT2D eigenvalue weighted by Crippen LogP contribution is 2.37. The standard InChI is InChI=1S/C37H32N4O2S/c1-27(38-2)40-44(42,43)34-21-13-12-20-33(34)29-24-22-28(23-25-29)26-41-36(31-16-8-4-9-17-31)35(30-14-6-3-7-15-30)39-37(41)32-18-10-5-11-19-32/h3-25H,26H2,1-2H3,(H,38,40). The van der Waals surface area contributed by atoms with Crippen LogP contribution in [0.25, 0.3) is 45.0 Å². The lowest BCUT2D eigenvalue weighted by Crippen LogP contribution is -2.28. The van der Waals surface area contributed by atoms with Gasteiger partial charge in [-0.25, -0.2) is 13.4 Å². The summed E-state index contributed by atoms with van der Waals surface area (Å²) < 4.78 is 31.2. The number of amidine groups is 1. The number of nitrogens with zero attached hydrogens (tertiary/aromatic N) is 3. The molecule has 0 aliphatic carbocycles. The lowest BCUT2D eigenvalue weighted by atomic mass is 10.0. The minimum absolute atomic E-state index is 0.204. The molecule has 0 atom stereocenters. The van der Waals surface area contributed by atoms with Crippen molar-refractivity contribution in [3.63, 3.8) is 0 Å². The second-order valence-corrected chi connectivity index (χ2v) is 12.1. The molecule has 0 radical (unpaired) electrons. The highest BCUT2D eigenvalue weighted by molar-refractivity contribution is 7.90. The second-order valence-electron chi connectivity index (χ2n) is 10.4. The Bertz CT molecular complexity index is 2020. The molecule has 6 rings (SSSR count). The van der Waals surface area contributed by atoms with Crippen LogP contribution in [0.5, 0.6) is 0 Å². The van der Waals surface area contributed by atoms with Crippen molar-refractivity contribution >= 4 is 15.9 Å². The van der Waals surface area contributed by atoms with Crippen LogP contribution in [0.4, 0.5) is 0 Å². The van der Waals surface area contributed by atoms with Gasteiger partial charge in [-0.2, -0.15) is 0 Å². The molecule has 0 unspecified atom stereocenters. The molecule has 6 nitrogen and oxygen atoms in total. The third-order valence-electron chi connectivity index (χ3n) is 7.49. The molecule has 6 aromatic rings. The van der Waals surface area contributed by atoms with Crippen molar-refractivity contribution in [2.75, 3.05) is 7.05 Å². The van der Waals surface area contributed by atoms with E-state index < -0.39 is 10.0 Å². The van der Waals surface area contributed by atoms with Crippen LogP contribution in [0.15, 0.2) is 149 Å². The van der Waals surface area contributed by atoms with Crippen LogP contribution in [-0.4, -0.2) is 30.9 Å². The summed E-state index contributed by atoms with van der Waals surface area (Å²) >= 11 is 0. The molecular formula is C37H32N4O2S. The van der Waals surface area contributed by atoms with Crippen LogP contribution >= 0.6 is 0 Å². The third kappa shape index (κ3) is 5.96. The molecule has 7 heteroatoms. The first-order valence-electron chi connectivity index (χ1n) is 14.4. The summed E-state index contributed by atoms with van der Waals surface area (Å²) in [5, 5.41) is 0. The fraction of sp³-hybridized carbons (Fsp3) is 0.0811. The molecule has 5 aromatic carbocycles. The molecule has 0 saturated carbocycles. The van der Waals surface area contributed by atoms with Gasteiger partial charge in [-0.05, 0) is 24.1 Å². The number of aromatic nitrogens is 2. The molecule has 218 valence electrons. The van der Waals surface area contributed by atoms with E-state index in [1.54, 1.807) is 26.1 Å². The van der Waals surface area contributed by atoms with E-state index in [2.05, 4.69) is 62.8 Å². The summed E-state index contributed by atoms with van der Waals surface area (Å²) in [6.45, 7) is 2.20. The smallest absolute Gasteiger partial charge is 0.263 e. The van der Waals surface area contributed by atoms with Crippen molar-refractivity contribution in [3.8, 4) is 45.0 Å². The third-order valence-corrected chi connectivity index (χ3v) is 8.99. The summed E-state index contributed by atoms with van der Waals surface area (Å²) in [4.78, 5) is 9.39. The van der Waals surface area contributed by atoms with Crippen molar-refractivity contribution < 1.29 is 8.42 Å². The number of imidazole rings is 1. The molecule has 0 aliphatic rings. The maximum atomic E-state index is 13.2. The largest absolute Gasteiger partial charge is 0.319 e. The van der Waals surface area contributed by atoms with E-state index in [1.807, 2.05) is 78.9 Å². The Morgan fingerprint density at radius 1 is 0.682 bits per heavy atom. The molecule has 0 spiro atoms. The quantitative estimate of drug-likeness (QED) is 0.143. The number of rotatable bonds is 8. The fourth-order valence-corrected chi connectivity index (χ4v) is 6.63. The van der Waals surface area contributed by atoms with Crippen LogP contribution in [0, 0.1) is 0 Å². The highest BCUT2D eigenvalue weighted by atomic mass is 32.2.